The summed E-state index contributed by atoms with van der Waals surface area (Å²) in [5, 5.41) is 2.66. The van der Waals surface area contributed by atoms with Crippen molar-refractivity contribution in [1.82, 2.24) is 5.32 Å². The second-order valence-electron chi connectivity index (χ2n) is 5.30. The molecule has 1 saturated carbocycles. The van der Waals surface area contributed by atoms with Crippen molar-refractivity contribution in [3.8, 4) is 0 Å². The molecule has 0 radical (unpaired) electrons. The Balaban J connectivity index is 2.41. The molecular weight excluding hydrogens is 266 g/mol. The van der Waals surface area contributed by atoms with Crippen molar-refractivity contribution in [3.63, 3.8) is 0 Å². The predicted molar refractivity (Wildman–Crippen MR) is 65.5 cm³/mol. The molecular formula is C10H18ClNO4S. The number of hydrogen-bond donors (Lipinski definition) is 1. The highest BCUT2D eigenvalue weighted by atomic mass is 35.7. The summed E-state index contributed by atoms with van der Waals surface area (Å²) in [6.07, 6.45) is 1.00. The van der Waals surface area contributed by atoms with E-state index >= 15 is 0 Å². The summed E-state index contributed by atoms with van der Waals surface area (Å²) < 4.78 is 26.9. The summed E-state index contributed by atoms with van der Waals surface area (Å²) >= 11 is 0. The van der Waals surface area contributed by atoms with Crippen LogP contribution in [0, 0.1) is 5.92 Å². The smallest absolute Gasteiger partial charge is 0.407 e. The molecule has 1 aliphatic rings. The molecule has 1 rings (SSSR count). The maximum atomic E-state index is 11.5. The third-order valence-electron chi connectivity index (χ3n) is 2.53. The van der Waals surface area contributed by atoms with Crippen molar-refractivity contribution < 1.29 is 17.9 Å². The Hall–Kier alpha value is -0.490. The summed E-state index contributed by atoms with van der Waals surface area (Å²) in [6.45, 7) is 5.32. The van der Waals surface area contributed by atoms with Crippen molar-refractivity contribution in [3.05, 3.63) is 0 Å². The minimum absolute atomic E-state index is 0.102. The zero-order valence-corrected chi connectivity index (χ0v) is 11.8. The molecule has 1 N–H and O–H groups in total. The van der Waals surface area contributed by atoms with E-state index in [4.69, 9.17) is 15.4 Å². The average molecular weight is 284 g/mol. The summed E-state index contributed by atoms with van der Waals surface area (Å²) in [7, 11) is 1.67. The number of carbonyl (C=O) groups is 1. The van der Waals surface area contributed by atoms with Crippen LogP contribution in [0.4, 0.5) is 4.79 Å². The van der Waals surface area contributed by atoms with E-state index in [1.165, 1.54) is 0 Å². The van der Waals surface area contributed by atoms with E-state index in [-0.39, 0.29) is 17.7 Å². The van der Waals surface area contributed by atoms with Gasteiger partial charge in [0.1, 0.15) is 5.60 Å². The highest BCUT2D eigenvalue weighted by Gasteiger charge is 2.35. The molecule has 1 fully saturated rings. The molecule has 5 nitrogen and oxygen atoms in total. The minimum Gasteiger partial charge on any atom is -0.444 e. The molecule has 7 heteroatoms. The van der Waals surface area contributed by atoms with Gasteiger partial charge in [0.2, 0.25) is 9.05 Å². The predicted octanol–water partition coefficient (Wildman–Crippen LogP) is 1.86. The number of amides is 1. The number of hydrogen-bond acceptors (Lipinski definition) is 4. The monoisotopic (exact) mass is 283 g/mol. The van der Waals surface area contributed by atoms with Crippen LogP contribution in [0.25, 0.3) is 0 Å². The zero-order chi connectivity index (χ0) is 13.3. The maximum Gasteiger partial charge on any atom is 0.407 e. The normalized spacial score (nSPS) is 24.9. The molecule has 0 saturated heterocycles. The molecule has 0 heterocycles. The molecule has 0 bridgehead atoms. The summed E-state index contributed by atoms with van der Waals surface area (Å²) in [5.74, 6) is -0.209. The van der Waals surface area contributed by atoms with Gasteiger partial charge in [-0.15, -0.1) is 0 Å². The van der Waals surface area contributed by atoms with Crippen molar-refractivity contribution in [2.45, 2.75) is 45.3 Å². The number of nitrogens with one attached hydrogen (secondary N) is 1. The third kappa shape index (κ3) is 5.59. The van der Waals surface area contributed by atoms with E-state index in [1.807, 2.05) is 0 Å². The SMILES string of the molecule is CC(C)(C)OC(=O)N[C@@H]1CC[C@@H]1CS(=O)(=O)Cl. The fourth-order valence-electron chi connectivity index (χ4n) is 1.67. The van der Waals surface area contributed by atoms with Gasteiger partial charge in [0.25, 0.3) is 0 Å². The highest BCUT2D eigenvalue weighted by Crippen LogP contribution is 2.29. The van der Waals surface area contributed by atoms with Crippen LogP contribution in [0.3, 0.4) is 0 Å². The number of rotatable bonds is 3. The number of halogens is 1. The molecule has 1 amide bonds. The quantitative estimate of drug-likeness (QED) is 0.803. The molecule has 0 aromatic rings. The van der Waals surface area contributed by atoms with Crippen LogP contribution in [0.1, 0.15) is 33.6 Å². The largest absolute Gasteiger partial charge is 0.444 e. The number of ether oxygens (including phenoxy) is 1. The van der Waals surface area contributed by atoms with Gasteiger partial charge in [-0.1, -0.05) is 0 Å². The first-order valence-corrected chi connectivity index (χ1v) is 7.96. The molecule has 0 aromatic carbocycles. The first kappa shape index (κ1) is 14.6. The number of carbonyl (C=O) groups excluding carboxylic acids is 1. The van der Waals surface area contributed by atoms with Gasteiger partial charge in [-0.2, -0.15) is 0 Å². The Morgan fingerprint density at radius 1 is 1.41 bits per heavy atom. The maximum absolute atomic E-state index is 11.5. The topological polar surface area (TPSA) is 72.5 Å². The fourth-order valence-corrected chi connectivity index (χ4v) is 3.07. The average Bonchev–Trinajstić information content (AvgIpc) is 2.05. The summed E-state index contributed by atoms with van der Waals surface area (Å²) in [4.78, 5) is 11.5. The minimum atomic E-state index is -3.51. The van der Waals surface area contributed by atoms with Crippen molar-refractivity contribution >= 4 is 25.8 Å². The lowest BCUT2D eigenvalue weighted by molar-refractivity contribution is 0.0446. The van der Waals surface area contributed by atoms with Gasteiger partial charge in [0.15, 0.2) is 0 Å². The first-order valence-electron chi connectivity index (χ1n) is 5.49. The van der Waals surface area contributed by atoms with Gasteiger partial charge in [-0.3, -0.25) is 0 Å². The van der Waals surface area contributed by atoms with Gasteiger partial charge in [-0.25, -0.2) is 13.2 Å². The molecule has 17 heavy (non-hydrogen) atoms. The lowest BCUT2D eigenvalue weighted by Gasteiger charge is -2.36. The van der Waals surface area contributed by atoms with Gasteiger partial charge in [-0.05, 0) is 39.5 Å². The molecule has 0 aliphatic heterocycles. The van der Waals surface area contributed by atoms with E-state index in [1.54, 1.807) is 20.8 Å². The molecule has 0 unspecified atom stereocenters. The van der Waals surface area contributed by atoms with Crippen molar-refractivity contribution in [2.24, 2.45) is 5.92 Å². The van der Waals surface area contributed by atoms with E-state index < -0.39 is 20.7 Å². The fraction of sp³-hybridized carbons (Fsp3) is 0.900. The van der Waals surface area contributed by atoms with Gasteiger partial charge in [0, 0.05) is 16.7 Å². The van der Waals surface area contributed by atoms with E-state index in [0.29, 0.717) is 0 Å². The second-order valence-corrected chi connectivity index (χ2v) is 8.12. The number of alkyl carbamates (subject to hydrolysis) is 1. The van der Waals surface area contributed by atoms with Crippen LogP contribution in [-0.2, 0) is 13.8 Å². The highest BCUT2D eigenvalue weighted by molar-refractivity contribution is 8.13. The standard InChI is InChI=1S/C10H18ClNO4S/c1-10(2,3)16-9(13)12-8-5-4-7(8)6-17(11,14)15/h7-8H,4-6H2,1-3H3,(H,12,13)/t7-,8-/m1/s1. The Labute approximate surface area is 106 Å². The Bertz CT molecular complexity index is 388. The van der Waals surface area contributed by atoms with E-state index in [2.05, 4.69) is 5.32 Å². The third-order valence-corrected chi connectivity index (χ3v) is 3.74. The molecule has 2 atom stereocenters. The van der Waals surface area contributed by atoms with Crippen LogP contribution in [0.5, 0.6) is 0 Å². The zero-order valence-electron chi connectivity index (χ0n) is 10.2. The van der Waals surface area contributed by atoms with Crippen LogP contribution in [0.2, 0.25) is 0 Å². The first-order chi connectivity index (χ1) is 7.57. The second kappa shape index (κ2) is 5.02. The van der Waals surface area contributed by atoms with Gasteiger partial charge < -0.3 is 10.1 Å². The molecule has 1 aliphatic carbocycles. The summed E-state index contributed by atoms with van der Waals surface area (Å²) in [6, 6.07) is -0.154. The van der Waals surface area contributed by atoms with Crippen molar-refractivity contribution in [1.29, 1.82) is 0 Å². The Kier molecular flexibility index (Phi) is 4.30. The lowest BCUT2D eigenvalue weighted by Crippen LogP contribution is -2.50. The Morgan fingerprint density at radius 3 is 2.35 bits per heavy atom. The Morgan fingerprint density at radius 2 is 2.00 bits per heavy atom. The molecule has 0 spiro atoms. The van der Waals surface area contributed by atoms with E-state index in [9.17, 15) is 13.2 Å². The van der Waals surface area contributed by atoms with Gasteiger partial charge >= 0.3 is 6.09 Å². The lowest BCUT2D eigenvalue weighted by atomic mass is 9.81. The van der Waals surface area contributed by atoms with Crippen LogP contribution in [-0.4, -0.2) is 31.9 Å². The molecule has 100 valence electrons. The molecule has 0 aromatic heterocycles. The van der Waals surface area contributed by atoms with Crippen LogP contribution in [0.15, 0.2) is 0 Å². The summed E-state index contributed by atoms with van der Waals surface area (Å²) in [5.41, 5.74) is -0.554. The van der Waals surface area contributed by atoms with Gasteiger partial charge in [0.05, 0.1) is 5.75 Å². The van der Waals surface area contributed by atoms with Crippen LogP contribution >= 0.6 is 10.7 Å². The van der Waals surface area contributed by atoms with Crippen LogP contribution < -0.4 is 5.32 Å². The van der Waals surface area contributed by atoms with Crippen molar-refractivity contribution in [2.75, 3.05) is 5.75 Å². The van der Waals surface area contributed by atoms with E-state index in [0.717, 1.165) is 12.8 Å².